The summed E-state index contributed by atoms with van der Waals surface area (Å²) in [6, 6.07) is 15.2. The summed E-state index contributed by atoms with van der Waals surface area (Å²) in [4.78, 5) is 17.1. The third-order valence-electron chi connectivity index (χ3n) is 3.83. The van der Waals surface area contributed by atoms with E-state index in [1.807, 2.05) is 62.4 Å². The maximum absolute atomic E-state index is 12.7. The van der Waals surface area contributed by atoms with Gasteiger partial charge >= 0.3 is 0 Å². The van der Waals surface area contributed by atoms with Gasteiger partial charge in [0, 0.05) is 11.9 Å². The van der Waals surface area contributed by atoms with Crippen molar-refractivity contribution in [3.05, 3.63) is 75.7 Å². The molecule has 0 aliphatic heterocycles. The zero-order valence-corrected chi connectivity index (χ0v) is 13.9. The molecule has 0 aliphatic rings. The molecule has 1 heterocycles. The Morgan fingerprint density at radius 3 is 2.50 bits per heavy atom. The molecule has 0 saturated carbocycles. The first-order chi connectivity index (χ1) is 11.6. The van der Waals surface area contributed by atoms with E-state index in [0.717, 1.165) is 16.9 Å². The lowest BCUT2D eigenvalue weighted by atomic mass is 10.2. The molecule has 2 aromatic carbocycles. The highest BCUT2D eigenvalue weighted by Gasteiger charge is 2.11. The molecule has 3 rings (SSSR count). The van der Waals surface area contributed by atoms with Crippen molar-refractivity contribution in [2.75, 3.05) is 7.11 Å². The molecule has 0 spiro atoms. The molecule has 0 bridgehead atoms. The number of nitrogens with zero attached hydrogens (tertiary/aromatic N) is 2. The van der Waals surface area contributed by atoms with Crippen LogP contribution in [0.4, 0.5) is 5.69 Å². The molecule has 0 fully saturated rings. The molecule has 5 nitrogen and oxygen atoms in total. The molecule has 24 heavy (non-hydrogen) atoms. The van der Waals surface area contributed by atoms with Crippen molar-refractivity contribution in [2.45, 2.75) is 13.8 Å². The predicted molar refractivity (Wildman–Crippen MR) is 96.1 cm³/mol. The first kappa shape index (κ1) is 15.8. The van der Waals surface area contributed by atoms with E-state index in [-0.39, 0.29) is 5.56 Å². The summed E-state index contributed by atoms with van der Waals surface area (Å²) < 4.78 is 6.80. The van der Waals surface area contributed by atoms with Gasteiger partial charge in [0.15, 0.2) is 0 Å². The number of aryl methyl sites for hydroxylation is 2. The minimum Gasteiger partial charge on any atom is -0.494 e. The minimum atomic E-state index is -0.130. The van der Waals surface area contributed by atoms with Crippen molar-refractivity contribution in [3.63, 3.8) is 0 Å². The van der Waals surface area contributed by atoms with Gasteiger partial charge < -0.3 is 4.74 Å². The summed E-state index contributed by atoms with van der Waals surface area (Å²) in [5.74, 6) is 0.667. The molecule has 0 saturated heterocycles. The fraction of sp³-hybridized carbons (Fsp3) is 0.158. The Morgan fingerprint density at radius 2 is 1.79 bits per heavy atom. The summed E-state index contributed by atoms with van der Waals surface area (Å²) in [5, 5.41) is 3.10. The number of ether oxygens (including phenoxy) is 1. The Balaban J connectivity index is 1.99. The van der Waals surface area contributed by atoms with Crippen molar-refractivity contribution in [1.29, 1.82) is 0 Å². The van der Waals surface area contributed by atoms with Gasteiger partial charge in [-0.2, -0.15) is 0 Å². The highest BCUT2D eigenvalue weighted by atomic mass is 16.5. The number of aromatic amines is 1. The first-order valence-corrected chi connectivity index (χ1v) is 7.66. The Morgan fingerprint density at radius 1 is 1.08 bits per heavy atom. The molecule has 1 aromatic heterocycles. The Labute approximate surface area is 140 Å². The molecule has 1 N–H and O–H groups in total. The molecule has 3 aromatic rings. The lowest BCUT2D eigenvalue weighted by molar-refractivity contribution is 0.416. The summed E-state index contributed by atoms with van der Waals surface area (Å²) in [7, 11) is 1.60. The zero-order chi connectivity index (χ0) is 17.1. The van der Waals surface area contributed by atoms with Gasteiger partial charge in [-0.3, -0.25) is 14.9 Å². The number of nitrogens with one attached hydrogen (secondary N) is 1. The van der Waals surface area contributed by atoms with E-state index in [9.17, 15) is 4.79 Å². The van der Waals surface area contributed by atoms with E-state index in [4.69, 9.17) is 4.74 Å². The minimum absolute atomic E-state index is 0.130. The van der Waals surface area contributed by atoms with Crippen LogP contribution in [0.15, 0.2) is 58.3 Å². The molecular formula is C19H19N3O2. The van der Waals surface area contributed by atoms with Gasteiger partial charge in [-0.15, -0.1) is 0 Å². The van der Waals surface area contributed by atoms with Crippen LogP contribution >= 0.6 is 0 Å². The second kappa shape index (κ2) is 6.58. The van der Waals surface area contributed by atoms with Crippen LogP contribution in [0.1, 0.15) is 16.8 Å². The third-order valence-corrected chi connectivity index (χ3v) is 3.83. The van der Waals surface area contributed by atoms with E-state index >= 15 is 0 Å². The second-order valence-electron chi connectivity index (χ2n) is 5.56. The highest BCUT2D eigenvalue weighted by molar-refractivity contribution is 5.83. The van der Waals surface area contributed by atoms with Crippen LogP contribution in [0.3, 0.4) is 0 Å². The monoisotopic (exact) mass is 321 g/mol. The number of aromatic nitrogens is 2. The van der Waals surface area contributed by atoms with Crippen LogP contribution < -0.4 is 10.3 Å². The van der Waals surface area contributed by atoms with Crippen LogP contribution in [-0.2, 0) is 0 Å². The van der Waals surface area contributed by atoms with Crippen molar-refractivity contribution < 1.29 is 4.74 Å². The van der Waals surface area contributed by atoms with Gasteiger partial charge in [-0.1, -0.05) is 29.8 Å². The van der Waals surface area contributed by atoms with Crippen molar-refractivity contribution in [3.8, 4) is 11.4 Å². The van der Waals surface area contributed by atoms with Crippen molar-refractivity contribution >= 4 is 11.9 Å². The SMILES string of the molecule is COc1ccccc1N=Cc1c(C)[nH]n(-c2ccc(C)cc2)c1=O. The van der Waals surface area contributed by atoms with E-state index in [1.54, 1.807) is 13.3 Å². The number of aliphatic imine (C=N–C) groups is 1. The molecule has 0 aliphatic carbocycles. The van der Waals surface area contributed by atoms with E-state index in [0.29, 0.717) is 17.0 Å². The van der Waals surface area contributed by atoms with Crippen LogP contribution in [0.25, 0.3) is 5.69 Å². The fourth-order valence-electron chi connectivity index (χ4n) is 2.46. The Bertz CT molecular complexity index is 934. The number of rotatable bonds is 4. The van der Waals surface area contributed by atoms with Crippen LogP contribution in [-0.4, -0.2) is 23.1 Å². The maximum Gasteiger partial charge on any atom is 0.280 e. The third kappa shape index (κ3) is 3.01. The number of H-pyrrole nitrogens is 1. The number of benzene rings is 2. The van der Waals surface area contributed by atoms with Gasteiger partial charge in [0.05, 0.1) is 18.4 Å². The average Bonchev–Trinajstić information content (AvgIpc) is 2.88. The molecule has 122 valence electrons. The van der Waals surface area contributed by atoms with E-state index in [1.165, 1.54) is 4.68 Å². The number of hydrogen-bond donors (Lipinski definition) is 1. The maximum atomic E-state index is 12.7. The summed E-state index contributed by atoms with van der Waals surface area (Å²) in [6.45, 7) is 3.87. The van der Waals surface area contributed by atoms with Crippen molar-refractivity contribution in [1.82, 2.24) is 9.78 Å². The van der Waals surface area contributed by atoms with Crippen molar-refractivity contribution in [2.24, 2.45) is 4.99 Å². The average molecular weight is 321 g/mol. The molecule has 0 unspecified atom stereocenters. The zero-order valence-electron chi connectivity index (χ0n) is 13.9. The van der Waals surface area contributed by atoms with Crippen LogP contribution in [0.2, 0.25) is 0 Å². The quantitative estimate of drug-likeness (QED) is 0.747. The van der Waals surface area contributed by atoms with Crippen LogP contribution in [0.5, 0.6) is 5.75 Å². The van der Waals surface area contributed by atoms with Gasteiger partial charge in [0.25, 0.3) is 5.56 Å². The summed E-state index contributed by atoms with van der Waals surface area (Å²) >= 11 is 0. The Hall–Kier alpha value is -3.08. The van der Waals surface area contributed by atoms with Gasteiger partial charge in [-0.05, 0) is 38.1 Å². The molecular weight excluding hydrogens is 302 g/mol. The molecule has 0 amide bonds. The lowest BCUT2D eigenvalue weighted by Crippen LogP contribution is -2.17. The topological polar surface area (TPSA) is 59.4 Å². The second-order valence-corrected chi connectivity index (χ2v) is 5.56. The molecule has 0 atom stereocenters. The summed E-state index contributed by atoms with van der Waals surface area (Å²) in [5.41, 5.74) is 3.79. The number of methoxy groups -OCH3 is 1. The van der Waals surface area contributed by atoms with E-state index in [2.05, 4.69) is 10.1 Å². The van der Waals surface area contributed by atoms with Crippen LogP contribution in [0, 0.1) is 13.8 Å². The number of hydrogen-bond acceptors (Lipinski definition) is 3. The van der Waals surface area contributed by atoms with Gasteiger partial charge in [0.2, 0.25) is 0 Å². The summed E-state index contributed by atoms with van der Waals surface area (Å²) in [6.07, 6.45) is 1.58. The number of para-hydroxylation sites is 2. The van der Waals surface area contributed by atoms with E-state index < -0.39 is 0 Å². The fourth-order valence-corrected chi connectivity index (χ4v) is 2.46. The largest absolute Gasteiger partial charge is 0.494 e. The van der Waals surface area contributed by atoms with Gasteiger partial charge in [0.1, 0.15) is 11.4 Å². The highest BCUT2D eigenvalue weighted by Crippen LogP contribution is 2.26. The molecule has 0 radical (unpaired) electrons. The molecule has 5 heteroatoms. The standard InChI is InChI=1S/C19H19N3O2/c1-13-8-10-15(11-9-13)22-19(23)16(14(2)21-22)12-20-17-6-4-5-7-18(17)24-3/h4-12,21H,1-3H3. The lowest BCUT2D eigenvalue weighted by Gasteiger charge is -2.02. The predicted octanol–water partition coefficient (Wildman–Crippen LogP) is 3.54. The smallest absolute Gasteiger partial charge is 0.280 e. The normalized spacial score (nSPS) is 11.1. The first-order valence-electron chi connectivity index (χ1n) is 7.66. The Kier molecular flexibility index (Phi) is 4.33. The van der Waals surface area contributed by atoms with Gasteiger partial charge in [-0.25, -0.2) is 4.68 Å².